The molecule has 1 aromatic heterocycles. The van der Waals surface area contributed by atoms with Gasteiger partial charge in [0, 0.05) is 18.8 Å². The van der Waals surface area contributed by atoms with Crippen LogP contribution in [0.3, 0.4) is 0 Å². The third-order valence-electron chi connectivity index (χ3n) is 3.44. The second kappa shape index (κ2) is 12.6. The van der Waals surface area contributed by atoms with Gasteiger partial charge in [-0.2, -0.15) is 0 Å². The monoisotopic (exact) mass is 355 g/mol. The second-order valence-electron chi connectivity index (χ2n) is 5.39. The van der Waals surface area contributed by atoms with Crippen LogP contribution in [-0.2, 0) is 22.7 Å². The molecule has 0 aliphatic carbocycles. The number of hydrogen-bond acceptors (Lipinski definition) is 3. The summed E-state index contributed by atoms with van der Waals surface area (Å²) >= 11 is 0. The molecule has 4 nitrogen and oxygen atoms in total. The van der Waals surface area contributed by atoms with Gasteiger partial charge in [-0.05, 0) is 30.7 Å². The molecule has 0 saturated carbocycles. The lowest BCUT2D eigenvalue weighted by atomic mass is 10.2. The van der Waals surface area contributed by atoms with Crippen molar-refractivity contribution in [1.82, 2.24) is 4.57 Å². The molecule has 0 spiro atoms. The van der Waals surface area contributed by atoms with Crippen molar-refractivity contribution < 1.29 is 14.3 Å². The molecule has 140 valence electrons. The molecule has 1 heterocycles. The van der Waals surface area contributed by atoms with Crippen LogP contribution in [0.4, 0.5) is 0 Å². The summed E-state index contributed by atoms with van der Waals surface area (Å²) in [6, 6.07) is 19.8. The summed E-state index contributed by atoms with van der Waals surface area (Å²) in [5.74, 6) is 0.519. The Morgan fingerprint density at radius 1 is 1.00 bits per heavy atom. The van der Waals surface area contributed by atoms with E-state index in [9.17, 15) is 4.79 Å². The Morgan fingerprint density at radius 2 is 1.65 bits per heavy atom. The predicted octanol–water partition coefficient (Wildman–Crippen LogP) is 5.09. The van der Waals surface area contributed by atoms with Crippen molar-refractivity contribution in [2.75, 3.05) is 6.61 Å². The molecule has 2 aromatic rings. The fourth-order valence-corrected chi connectivity index (χ4v) is 2.19. The fourth-order valence-electron chi connectivity index (χ4n) is 2.19. The van der Waals surface area contributed by atoms with Crippen LogP contribution in [0, 0.1) is 6.92 Å². The number of hydrogen-bond donors (Lipinski definition) is 0. The third-order valence-corrected chi connectivity index (χ3v) is 3.44. The molecule has 0 aliphatic rings. The van der Waals surface area contributed by atoms with Crippen LogP contribution in [0.25, 0.3) is 0 Å². The van der Waals surface area contributed by atoms with Crippen LogP contribution in [0.15, 0.2) is 66.9 Å². The Kier molecular flexibility index (Phi) is 10.3. The number of rotatable bonds is 6. The minimum absolute atomic E-state index is 0.267. The van der Waals surface area contributed by atoms with E-state index in [4.69, 9.17) is 9.47 Å². The largest absolute Gasteiger partial charge is 0.489 e. The molecular formula is C22H29NO3. The van der Waals surface area contributed by atoms with E-state index in [-0.39, 0.29) is 5.97 Å². The highest BCUT2D eigenvalue weighted by Gasteiger charge is 1.98. The standard InChI is InChI=1S/C20H23NO3.C2H6/c1-17-15-20(24-16-19-9-5-3-6-10-19)11-7-4-8-12-21(17)13-14-23-18(2)22;1-2/h3-12,15H,13-14,16H2,1-2H3;1-2H3. The van der Waals surface area contributed by atoms with E-state index >= 15 is 0 Å². The molecule has 0 radical (unpaired) electrons. The minimum atomic E-state index is -0.267. The molecule has 0 N–H and O–H groups in total. The second-order valence-corrected chi connectivity index (χ2v) is 5.39. The van der Waals surface area contributed by atoms with Crippen molar-refractivity contribution >= 4 is 5.97 Å². The van der Waals surface area contributed by atoms with Crippen LogP contribution < -0.4 is 4.74 Å². The SMILES string of the molecule is CC.CC(=O)OCCn1cccccc(OCc2ccccc2)cc1C. The Balaban J connectivity index is 0.00000163. The van der Waals surface area contributed by atoms with Gasteiger partial charge < -0.3 is 14.0 Å². The molecule has 0 unspecified atom stereocenters. The number of carbonyl (C=O) groups excluding carboxylic acids is 1. The summed E-state index contributed by atoms with van der Waals surface area (Å²) in [6.45, 7) is 8.88. The number of benzene rings is 1. The average molecular weight is 355 g/mol. The van der Waals surface area contributed by atoms with Crippen molar-refractivity contribution in [2.45, 2.75) is 40.8 Å². The summed E-state index contributed by atoms with van der Waals surface area (Å²) in [5.41, 5.74) is 2.14. The van der Waals surface area contributed by atoms with Gasteiger partial charge in [0.1, 0.15) is 19.0 Å². The lowest BCUT2D eigenvalue weighted by Gasteiger charge is -2.10. The smallest absolute Gasteiger partial charge is 0.302 e. The van der Waals surface area contributed by atoms with Crippen LogP contribution >= 0.6 is 0 Å². The first kappa shape index (κ1) is 21.3. The van der Waals surface area contributed by atoms with Gasteiger partial charge in [-0.25, -0.2) is 0 Å². The fraction of sp³-hybridized carbons (Fsp3) is 0.318. The molecule has 0 aliphatic heterocycles. The van der Waals surface area contributed by atoms with Crippen molar-refractivity contribution in [3.63, 3.8) is 0 Å². The molecule has 0 saturated heterocycles. The van der Waals surface area contributed by atoms with E-state index in [0.29, 0.717) is 19.8 Å². The van der Waals surface area contributed by atoms with Gasteiger partial charge in [-0.15, -0.1) is 0 Å². The lowest BCUT2D eigenvalue weighted by molar-refractivity contribution is -0.141. The Hall–Kier alpha value is -2.75. The Labute approximate surface area is 156 Å². The number of nitrogens with zero attached hydrogens (tertiary/aromatic N) is 1. The normalized spacial score (nSPS) is 9.38. The highest BCUT2D eigenvalue weighted by Crippen LogP contribution is 2.12. The molecule has 0 bridgehead atoms. The van der Waals surface area contributed by atoms with Gasteiger partial charge in [0.25, 0.3) is 0 Å². The van der Waals surface area contributed by atoms with Crippen LogP contribution in [-0.4, -0.2) is 17.1 Å². The zero-order chi connectivity index (χ0) is 19.2. The van der Waals surface area contributed by atoms with Gasteiger partial charge >= 0.3 is 5.97 Å². The highest BCUT2D eigenvalue weighted by molar-refractivity contribution is 5.65. The molecule has 26 heavy (non-hydrogen) atoms. The number of aryl methyl sites for hydroxylation is 1. The van der Waals surface area contributed by atoms with E-state index in [1.54, 1.807) is 0 Å². The summed E-state index contributed by atoms with van der Waals surface area (Å²) in [5, 5.41) is 0. The van der Waals surface area contributed by atoms with E-state index in [1.165, 1.54) is 6.92 Å². The van der Waals surface area contributed by atoms with E-state index in [2.05, 4.69) is 0 Å². The first-order chi connectivity index (χ1) is 12.6. The minimum Gasteiger partial charge on any atom is -0.489 e. The molecule has 0 amide bonds. The molecule has 1 aromatic carbocycles. The molecule has 4 heteroatoms. The van der Waals surface area contributed by atoms with Gasteiger partial charge in [-0.1, -0.05) is 56.3 Å². The Morgan fingerprint density at radius 3 is 2.35 bits per heavy atom. The summed E-state index contributed by atoms with van der Waals surface area (Å²) in [4.78, 5) is 10.9. The lowest BCUT2D eigenvalue weighted by Crippen LogP contribution is -2.10. The van der Waals surface area contributed by atoms with Crippen molar-refractivity contribution in [3.05, 3.63) is 78.1 Å². The highest BCUT2D eigenvalue weighted by atomic mass is 16.5. The zero-order valence-corrected chi connectivity index (χ0v) is 16.1. The maximum absolute atomic E-state index is 10.9. The van der Waals surface area contributed by atoms with Crippen LogP contribution in [0.2, 0.25) is 0 Å². The van der Waals surface area contributed by atoms with Crippen molar-refractivity contribution in [3.8, 4) is 5.75 Å². The number of aromatic nitrogens is 1. The van der Waals surface area contributed by atoms with Crippen molar-refractivity contribution in [1.29, 1.82) is 0 Å². The predicted molar refractivity (Wildman–Crippen MR) is 106 cm³/mol. The molecule has 0 atom stereocenters. The Bertz CT molecular complexity index is 706. The average Bonchev–Trinajstić information content (AvgIpc) is 2.73. The number of carbonyl (C=O) groups is 1. The molecule has 0 fully saturated rings. The van der Waals surface area contributed by atoms with E-state index in [0.717, 1.165) is 17.0 Å². The topological polar surface area (TPSA) is 40.5 Å². The van der Waals surface area contributed by atoms with Gasteiger partial charge in [-0.3, -0.25) is 4.79 Å². The summed E-state index contributed by atoms with van der Waals surface area (Å²) in [7, 11) is 0. The zero-order valence-electron chi connectivity index (χ0n) is 16.1. The van der Waals surface area contributed by atoms with E-state index in [1.807, 2.05) is 92.2 Å². The quantitative estimate of drug-likeness (QED) is 0.678. The molecular weight excluding hydrogens is 326 g/mol. The van der Waals surface area contributed by atoms with Crippen LogP contribution in [0.5, 0.6) is 5.75 Å². The number of esters is 1. The van der Waals surface area contributed by atoms with Crippen LogP contribution in [0.1, 0.15) is 32.0 Å². The maximum Gasteiger partial charge on any atom is 0.302 e. The van der Waals surface area contributed by atoms with Gasteiger partial charge in [0.2, 0.25) is 0 Å². The number of ether oxygens (including phenoxy) is 2. The van der Waals surface area contributed by atoms with Crippen molar-refractivity contribution in [2.24, 2.45) is 0 Å². The van der Waals surface area contributed by atoms with Gasteiger partial charge in [0.15, 0.2) is 0 Å². The first-order valence-corrected chi connectivity index (χ1v) is 8.95. The third kappa shape index (κ3) is 8.38. The summed E-state index contributed by atoms with van der Waals surface area (Å²) in [6.07, 6.45) is 1.96. The van der Waals surface area contributed by atoms with E-state index < -0.39 is 0 Å². The first-order valence-electron chi connectivity index (χ1n) is 8.95. The maximum atomic E-state index is 10.9. The molecule has 2 rings (SSSR count). The summed E-state index contributed by atoms with van der Waals surface area (Å²) < 4.78 is 13.0. The van der Waals surface area contributed by atoms with Gasteiger partial charge in [0.05, 0.1) is 6.54 Å².